The maximum Gasteiger partial charge on any atom is 0.328 e. The highest BCUT2D eigenvalue weighted by molar-refractivity contribution is 5.91. The number of nitrogens with zero attached hydrogens (tertiary/aromatic N) is 4. The van der Waals surface area contributed by atoms with Gasteiger partial charge >= 0.3 is 11.9 Å². The molecule has 0 radical (unpaired) electrons. The summed E-state index contributed by atoms with van der Waals surface area (Å²) in [5, 5.41) is 33.2. The summed E-state index contributed by atoms with van der Waals surface area (Å²) in [6.45, 7) is 2.80. The molecule has 1 fully saturated rings. The topological polar surface area (TPSA) is 189 Å². The third kappa shape index (κ3) is 9.95. The van der Waals surface area contributed by atoms with Gasteiger partial charge in [-0.15, -0.1) is 0 Å². The number of carbonyl (C=O) groups is 3. The Kier molecular flexibility index (Phi) is 10.8. The Morgan fingerprint density at radius 1 is 1.00 bits per heavy atom. The van der Waals surface area contributed by atoms with E-state index in [1.807, 2.05) is 18.2 Å². The summed E-state index contributed by atoms with van der Waals surface area (Å²) < 4.78 is 5.17. The number of carbonyl (C=O) groups excluding carboxylic acids is 1. The number of piperidine rings is 1. The highest BCUT2D eigenvalue weighted by Gasteiger charge is 2.20. The summed E-state index contributed by atoms with van der Waals surface area (Å²) in [5.41, 5.74) is 1.84. The van der Waals surface area contributed by atoms with E-state index in [4.69, 9.17) is 14.7 Å². The molecule has 4 rings (SSSR count). The predicted octanol–water partition coefficient (Wildman–Crippen LogP) is 3.15. The standard InChI is InChI=1S/C23H23N5O4.C4H4O4/c29-22(24-19-12-14-27(15-13-19)16-17-4-2-1-3-5-17)11-10-21-25-23(32-26-21)18-6-8-20(9-7-18)28(30)31;5-3(6)1-2-4(7)8/h1-11,19H,12-16H2,(H,24,29);1-2H,(H,5,6)(H,7,8)/b11-10+;2-1+. The molecule has 1 amide bonds. The second-order valence-electron chi connectivity index (χ2n) is 8.65. The Morgan fingerprint density at radius 3 is 2.20 bits per heavy atom. The first kappa shape index (κ1) is 29.4. The molecule has 0 atom stereocenters. The van der Waals surface area contributed by atoms with Crippen molar-refractivity contribution in [1.82, 2.24) is 20.4 Å². The van der Waals surface area contributed by atoms with Gasteiger partial charge in [-0.1, -0.05) is 35.5 Å². The lowest BCUT2D eigenvalue weighted by Gasteiger charge is -2.32. The molecule has 13 nitrogen and oxygen atoms in total. The summed E-state index contributed by atoms with van der Waals surface area (Å²) in [5.74, 6) is -2.23. The molecule has 0 aliphatic carbocycles. The van der Waals surface area contributed by atoms with Gasteiger partial charge in [0.05, 0.1) is 4.92 Å². The van der Waals surface area contributed by atoms with E-state index in [1.165, 1.54) is 42.0 Å². The number of aromatic nitrogens is 2. The second kappa shape index (κ2) is 14.7. The van der Waals surface area contributed by atoms with Gasteiger partial charge in [0, 0.05) is 61.6 Å². The number of carboxylic acids is 2. The molecule has 40 heavy (non-hydrogen) atoms. The molecule has 208 valence electrons. The molecule has 2 heterocycles. The van der Waals surface area contributed by atoms with Crippen molar-refractivity contribution in [2.45, 2.75) is 25.4 Å². The van der Waals surface area contributed by atoms with E-state index in [0.717, 1.165) is 32.5 Å². The van der Waals surface area contributed by atoms with Crippen LogP contribution in [0.15, 0.2) is 77.3 Å². The summed E-state index contributed by atoms with van der Waals surface area (Å²) in [4.78, 5) is 48.2. The minimum atomic E-state index is -1.26. The fraction of sp³-hybridized carbons (Fsp3) is 0.222. The van der Waals surface area contributed by atoms with Crippen LogP contribution in [0.4, 0.5) is 5.69 Å². The number of nitro groups is 1. The van der Waals surface area contributed by atoms with Crippen molar-refractivity contribution >= 4 is 29.6 Å². The van der Waals surface area contributed by atoms with Crippen LogP contribution in [-0.2, 0) is 20.9 Å². The van der Waals surface area contributed by atoms with Gasteiger partial charge in [0.25, 0.3) is 11.6 Å². The van der Waals surface area contributed by atoms with Crippen LogP contribution in [0.5, 0.6) is 0 Å². The van der Waals surface area contributed by atoms with E-state index >= 15 is 0 Å². The van der Waals surface area contributed by atoms with E-state index in [9.17, 15) is 24.5 Å². The molecule has 0 unspecified atom stereocenters. The van der Waals surface area contributed by atoms with Gasteiger partial charge < -0.3 is 20.1 Å². The zero-order valence-electron chi connectivity index (χ0n) is 21.3. The highest BCUT2D eigenvalue weighted by Crippen LogP contribution is 2.21. The normalized spacial score (nSPS) is 14.0. The number of carboxylic acid groups (broad SMARTS) is 2. The van der Waals surface area contributed by atoms with Crippen molar-refractivity contribution in [3.63, 3.8) is 0 Å². The van der Waals surface area contributed by atoms with Crippen molar-refractivity contribution in [3.05, 3.63) is 94.3 Å². The minimum absolute atomic E-state index is 0.0176. The zero-order chi connectivity index (χ0) is 28.9. The highest BCUT2D eigenvalue weighted by atomic mass is 16.6. The second-order valence-corrected chi connectivity index (χ2v) is 8.65. The van der Waals surface area contributed by atoms with Crippen LogP contribution in [0.25, 0.3) is 17.5 Å². The Morgan fingerprint density at radius 2 is 1.62 bits per heavy atom. The fourth-order valence-electron chi connectivity index (χ4n) is 3.76. The van der Waals surface area contributed by atoms with Crippen molar-refractivity contribution in [1.29, 1.82) is 0 Å². The number of amides is 1. The molecule has 1 saturated heterocycles. The lowest BCUT2D eigenvalue weighted by molar-refractivity contribution is -0.384. The molecule has 3 aromatic rings. The van der Waals surface area contributed by atoms with Crippen LogP contribution in [0.3, 0.4) is 0 Å². The molecular weight excluding hydrogens is 522 g/mol. The van der Waals surface area contributed by atoms with Crippen molar-refractivity contribution < 1.29 is 34.0 Å². The third-order valence-electron chi connectivity index (χ3n) is 5.70. The summed E-state index contributed by atoms with van der Waals surface area (Å²) in [6.07, 6.45) is 5.79. The molecule has 1 aromatic heterocycles. The quantitative estimate of drug-likeness (QED) is 0.202. The number of hydrogen-bond acceptors (Lipinski definition) is 9. The maximum absolute atomic E-state index is 12.3. The van der Waals surface area contributed by atoms with Gasteiger partial charge in [-0.25, -0.2) is 9.59 Å². The number of non-ortho nitro benzene ring substituents is 1. The van der Waals surface area contributed by atoms with Crippen molar-refractivity contribution in [2.24, 2.45) is 0 Å². The third-order valence-corrected chi connectivity index (χ3v) is 5.70. The summed E-state index contributed by atoms with van der Waals surface area (Å²) in [6, 6.07) is 16.3. The van der Waals surface area contributed by atoms with E-state index in [2.05, 4.69) is 32.5 Å². The Bertz CT molecular complexity index is 1350. The fourth-order valence-corrected chi connectivity index (χ4v) is 3.76. The number of aliphatic carboxylic acids is 2. The number of rotatable bonds is 9. The summed E-state index contributed by atoms with van der Waals surface area (Å²) >= 11 is 0. The Hall–Kier alpha value is -5.17. The molecule has 1 aliphatic heterocycles. The first-order valence-corrected chi connectivity index (χ1v) is 12.2. The average molecular weight is 550 g/mol. The molecule has 0 bridgehead atoms. The number of benzene rings is 2. The van der Waals surface area contributed by atoms with Gasteiger partial charge in [-0.2, -0.15) is 4.98 Å². The Balaban J connectivity index is 0.000000482. The predicted molar refractivity (Wildman–Crippen MR) is 143 cm³/mol. The van der Waals surface area contributed by atoms with Crippen LogP contribution in [0, 0.1) is 10.1 Å². The average Bonchev–Trinajstić information content (AvgIpc) is 3.42. The number of nitro benzene ring substituents is 1. The van der Waals surface area contributed by atoms with E-state index in [1.54, 1.807) is 0 Å². The molecule has 3 N–H and O–H groups in total. The van der Waals surface area contributed by atoms with Crippen LogP contribution >= 0.6 is 0 Å². The van der Waals surface area contributed by atoms with E-state index < -0.39 is 16.9 Å². The molecule has 2 aromatic carbocycles. The SMILES string of the molecule is O=C(/C=C/c1noc(-c2ccc([N+](=O)[O-])cc2)n1)NC1CCN(Cc2ccccc2)CC1.O=C(O)/C=C/C(=O)O. The van der Waals surface area contributed by atoms with Gasteiger partial charge in [-0.05, 0) is 36.6 Å². The van der Waals surface area contributed by atoms with Gasteiger partial charge in [0.2, 0.25) is 5.91 Å². The van der Waals surface area contributed by atoms with Gasteiger partial charge in [-0.3, -0.25) is 19.8 Å². The minimum Gasteiger partial charge on any atom is -0.478 e. The molecule has 13 heteroatoms. The summed E-state index contributed by atoms with van der Waals surface area (Å²) in [7, 11) is 0. The molecule has 1 aliphatic rings. The largest absolute Gasteiger partial charge is 0.478 e. The van der Waals surface area contributed by atoms with Crippen molar-refractivity contribution in [3.8, 4) is 11.5 Å². The van der Waals surface area contributed by atoms with Gasteiger partial charge in [0.15, 0.2) is 5.82 Å². The number of nitrogens with one attached hydrogen (secondary N) is 1. The van der Waals surface area contributed by atoms with Gasteiger partial charge in [0.1, 0.15) is 0 Å². The first-order chi connectivity index (χ1) is 19.2. The lowest BCUT2D eigenvalue weighted by atomic mass is 10.0. The van der Waals surface area contributed by atoms with Crippen LogP contribution in [0.1, 0.15) is 24.2 Å². The van der Waals surface area contributed by atoms with Crippen LogP contribution in [-0.4, -0.2) is 67.2 Å². The molecule has 0 saturated carbocycles. The number of hydrogen-bond donors (Lipinski definition) is 3. The van der Waals surface area contributed by atoms with Crippen LogP contribution in [0.2, 0.25) is 0 Å². The molecule has 0 spiro atoms. The van der Waals surface area contributed by atoms with Crippen LogP contribution < -0.4 is 5.32 Å². The Labute approximate surface area is 228 Å². The smallest absolute Gasteiger partial charge is 0.328 e. The van der Waals surface area contributed by atoms with E-state index in [-0.39, 0.29) is 29.4 Å². The lowest BCUT2D eigenvalue weighted by Crippen LogP contribution is -2.43. The number of likely N-dealkylation sites (tertiary alicyclic amines) is 1. The molecular formula is C27H27N5O8. The zero-order valence-corrected chi connectivity index (χ0v) is 21.3. The first-order valence-electron chi connectivity index (χ1n) is 12.2. The van der Waals surface area contributed by atoms with E-state index in [0.29, 0.717) is 17.7 Å². The van der Waals surface area contributed by atoms with Crippen molar-refractivity contribution in [2.75, 3.05) is 13.1 Å². The monoisotopic (exact) mass is 549 g/mol. The maximum atomic E-state index is 12.3.